The zero-order valence-electron chi connectivity index (χ0n) is 11.1. The Labute approximate surface area is 140 Å². The van der Waals surface area contributed by atoms with Crippen molar-refractivity contribution in [1.82, 2.24) is 0 Å². The van der Waals surface area contributed by atoms with Crippen molar-refractivity contribution >= 4 is 48.4 Å². The average Bonchev–Trinajstić information content (AvgIpc) is 2.51. The van der Waals surface area contributed by atoms with Crippen molar-refractivity contribution in [3.05, 3.63) is 80.7 Å². The minimum absolute atomic E-state index is 0.124. The van der Waals surface area contributed by atoms with Gasteiger partial charge in [-0.1, -0.05) is 64.5 Å². The summed E-state index contributed by atoms with van der Waals surface area (Å²) < 4.78 is 1.98. The van der Waals surface area contributed by atoms with Gasteiger partial charge in [0.2, 0.25) is 0 Å². The van der Waals surface area contributed by atoms with Gasteiger partial charge in [0, 0.05) is 20.9 Å². The molecule has 0 aromatic heterocycles. The average molecular weight is 404 g/mol. The molecule has 0 aliphatic heterocycles. The van der Waals surface area contributed by atoms with Gasteiger partial charge in [0.25, 0.3) is 0 Å². The summed E-state index contributed by atoms with van der Waals surface area (Å²) >= 11 is 7.02. The number of halogens is 2. The number of carbonyl (C=O) groups is 1. The van der Waals surface area contributed by atoms with Gasteiger partial charge in [0.05, 0.1) is 0 Å². The van der Waals surface area contributed by atoms with Gasteiger partial charge < -0.3 is 0 Å². The van der Waals surface area contributed by atoms with Gasteiger partial charge in [-0.2, -0.15) is 0 Å². The lowest BCUT2D eigenvalue weighted by molar-refractivity contribution is 0.0993. The summed E-state index contributed by atoms with van der Waals surface area (Å²) in [7, 11) is 0. The predicted molar refractivity (Wildman–Crippen MR) is 93.8 cm³/mol. The summed E-state index contributed by atoms with van der Waals surface area (Å²) in [4.78, 5) is 12.4. The smallest absolute Gasteiger partial charge is 0.167 e. The highest BCUT2D eigenvalue weighted by Crippen LogP contribution is 2.28. The minimum atomic E-state index is 0.124. The standard InChI is InChI=1S/C18H12Br2O/c19-15-9-7-13(8-10-15)17(21)11-14-6-5-12-3-1-2-4-16(12)18(14)20/h1-10H,11H2. The molecule has 0 bridgehead atoms. The Hall–Kier alpha value is -1.45. The highest BCUT2D eigenvalue weighted by Gasteiger charge is 2.11. The third-order valence-corrected chi connectivity index (χ3v) is 4.93. The molecule has 0 radical (unpaired) electrons. The molecule has 104 valence electrons. The number of rotatable bonds is 3. The van der Waals surface area contributed by atoms with Gasteiger partial charge in [-0.05, 0) is 44.4 Å². The van der Waals surface area contributed by atoms with E-state index in [0.29, 0.717) is 6.42 Å². The molecule has 0 spiro atoms. The van der Waals surface area contributed by atoms with Crippen LogP contribution in [0.3, 0.4) is 0 Å². The Morgan fingerprint density at radius 2 is 1.57 bits per heavy atom. The molecule has 0 fully saturated rings. The summed E-state index contributed by atoms with van der Waals surface area (Å²) in [5.41, 5.74) is 1.75. The second-order valence-electron chi connectivity index (χ2n) is 4.87. The van der Waals surface area contributed by atoms with E-state index < -0.39 is 0 Å². The molecule has 0 saturated carbocycles. The van der Waals surface area contributed by atoms with Crippen LogP contribution in [-0.4, -0.2) is 5.78 Å². The number of Topliss-reactive ketones (excluding diaryl/α,β-unsaturated/α-hetero) is 1. The zero-order valence-corrected chi connectivity index (χ0v) is 14.3. The van der Waals surface area contributed by atoms with Crippen LogP contribution in [0.2, 0.25) is 0 Å². The fraction of sp³-hybridized carbons (Fsp3) is 0.0556. The largest absolute Gasteiger partial charge is 0.294 e. The van der Waals surface area contributed by atoms with E-state index in [1.165, 1.54) is 5.39 Å². The summed E-state index contributed by atoms with van der Waals surface area (Å²) in [6, 6.07) is 19.7. The number of ketones is 1. The van der Waals surface area contributed by atoms with Crippen LogP contribution in [0, 0.1) is 0 Å². The van der Waals surface area contributed by atoms with Crippen molar-refractivity contribution in [3.63, 3.8) is 0 Å². The van der Waals surface area contributed by atoms with Crippen molar-refractivity contribution in [2.75, 3.05) is 0 Å². The van der Waals surface area contributed by atoms with Crippen LogP contribution in [-0.2, 0) is 6.42 Å². The van der Waals surface area contributed by atoms with Crippen LogP contribution >= 0.6 is 31.9 Å². The maximum Gasteiger partial charge on any atom is 0.167 e. The van der Waals surface area contributed by atoms with Crippen molar-refractivity contribution in [2.45, 2.75) is 6.42 Å². The summed E-state index contributed by atoms with van der Waals surface area (Å²) in [5.74, 6) is 0.124. The molecule has 3 aromatic rings. The van der Waals surface area contributed by atoms with Crippen LogP contribution in [0.4, 0.5) is 0 Å². The number of hydrogen-bond acceptors (Lipinski definition) is 1. The van der Waals surface area contributed by atoms with E-state index in [2.05, 4.69) is 50.1 Å². The van der Waals surface area contributed by atoms with Crippen molar-refractivity contribution < 1.29 is 4.79 Å². The lowest BCUT2D eigenvalue weighted by atomic mass is 10.0. The second kappa shape index (κ2) is 6.12. The topological polar surface area (TPSA) is 17.1 Å². The number of fused-ring (bicyclic) bond motifs is 1. The highest BCUT2D eigenvalue weighted by atomic mass is 79.9. The van der Waals surface area contributed by atoms with E-state index in [0.717, 1.165) is 25.5 Å². The van der Waals surface area contributed by atoms with E-state index in [1.54, 1.807) is 0 Å². The Kier molecular flexibility index (Phi) is 4.22. The van der Waals surface area contributed by atoms with Crippen LogP contribution in [0.1, 0.15) is 15.9 Å². The molecule has 0 saturated heterocycles. The SMILES string of the molecule is O=C(Cc1ccc2ccccc2c1Br)c1ccc(Br)cc1. The molecule has 3 heteroatoms. The summed E-state index contributed by atoms with van der Waals surface area (Å²) in [6.45, 7) is 0. The Morgan fingerprint density at radius 1 is 0.857 bits per heavy atom. The molecule has 0 amide bonds. The van der Waals surface area contributed by atoms with E-state index in [9.17, 15) is 4.79 Å². The Bertz CT molecular complexity index is 807. The summed E-state index contributed by atoms with van der Waals surface area (Å²) in [5, 5.41) is 2.31. The molecule has 0 atom stereocenters. The Morgan fingerprint density at radius 3 is 2.33 bits per heavy atom. The summed E-state index contributed by atoms with van der Waals surface area (Å²) in [6.07, 6.45) is 0.396. The quantitative estimate of drug-likeness (QED) is 0.505. The monoisotopic (exact) mass is 402 g/mol. The Balaban J connectivity index is 1.93. The van der Waals surface area contributed by atoms with Crippen LogP contribution in [0.25, 0.3) is 10.8 Å². The highest BCUT2D eigenvalue weighted by molar-refractivity contribution is 9.11. The third kappa shape index (κ3) is 3.09. The van der Waals surface area contributed by atoms with Crippen LogP contribution < -0.4 is 0 Å². The third-order valence-electron chi connectivity index (χ3n) is 3.46. The molecule has 0 aliphatic rings. The van der Waals surface area contributed by atoms with Gasteiger partial charge in [-0.3, -0.25) is 4.79 Å². The van der Waals surface area contributed by atoms with E-state index in [-0.39, 0.29) is 5.78 Å². The molecule has 0 aliphatic carbocycles. The van der Waals surface area contributed by atoms with Crippen LogP contribution in [0.15, 0.2) is 69.6 Å². The molecule has 0 heterocycles. The first-order valence-electron chi connectivity index (χ1n) is 6.60. The number of hydrogen-bond donors (Lipinski definition) is 0. The van der Waals surface area contributed by atoms with Gasteiger partial charge in [-0.15, -0.1) is 0 Å². The van der Waals surface area contributed by atoms with Crippen molar-refractivity contribution in [3.8, 4) is 0 Å². The second-order valence-corrected chi connectivity index (χ2v) is 6.58. The van der Waals surface area contributed by atoms with Gasteiger partial charge >= 0.3 is 0 Å². The zero-order chi connectivity index (χ0) is 14.8. The molecule has 21 heavy (non-hydrogen) atoms. The molecule has 3 rings (SSSR count). The van der Waals surface area contributed by atoms with Gasteiger partial charge in [0.15, 0.2) is 5.78 Å². The molecular weight excluding hydrogens is 392 g/mol. The first-order chi connectivity index (χ1) is 10.1. The lowest BCUT2D eigenvalue weighted by Crippen LogP contribution is -2.04. The first-order valence-corrected chi connectivity index (χ1v) is 8.18. The fourth-order valence-corrected chi connectivity index (χ4v) is 3.22. The van der Waals surface area contributed by atoms with E-state index in [4.69, 9.17) is 0 Å². The maximum absolute atomic E-state index is 12.4. The van der Waals surface area contributed by atoms with Crippen molar-refractivity contribution in [2.24, 2.45) is 0 Å². The lowest BCUT2D eigenvalue weighted by Gasteiger charge is -2.08. The number of benzene rings is 3. The normalized spacial score (nSPS) is 10.8. The predicted octanol–water partition coefficient (Wildman–Crippen LogP) is 5.79. The molecule has 0 unspecified atom stereocenters. The minimum Gasteiger partial charge on any atom is -0.294 e. The molecule has 3 aromatic carbocycles. The molecular formula is C18H12Br2O. The van der Waals surface area contributed by atoms with E-state index >= 15 is 0 Å². The van der Waals surface area contributed by atoms with Crippen molar-refractivity contribution in [1.29, 1.82) is 0 Å². The van der Waals surface area contributed by atoms with Crippen LogP contribution in [0.5, 0.6) is 0 Å². The van der Waals surface area contributed by atoms with Gasteiger partial charge in [-0.25, -0.2) is 0 Å². The fourth-order valence-electron chi connectivity index (χ4n) is 2.33. The number of carbonyl (C=O) groups excluding carboxylic acids is 1. The van der Waals surface area contributed by atoms with E-state index in [1.807, 2.05) is 42.5 Å². The maximum atomic E-state index is 12.4. The van der Waals surface area contributed by atoms with Gasteiger partial charge in [0.1, 0.15) is 0 Å². The molecule has 0 N–H and O–H groups in total. The molecule has 1 nitrogen and oxygen atoms in total. The first kappa shape index (κ1) is 14.5.